The summed E-state index contributed by atoms with van der Waals surface area (Å²) in [6, 6.07) is 16.4. The molecule has 144 valence electrons. The van der Waals surface area contributed by atoms with Crippen LogP contribution in [0.15, 0.2) is 59.5 Å². The predicted octanol–water partition coefficient (Wildman–Crippen LogP) is 2.57. The number of amides is 2. The summed E-state index contributed by atoms with van der Waals surface area (Å²) in [5.41, 5.74) is 0. The monoisotopic (exact) mass is 388 g/mol. The van der Waals surface area contributed by atoms with Crippen molar-refractivity contribution in [3.63, 3.8) is 0 Å². The van der Waals surface area contributed by atoms with Gasteiger partial charge in [0.2, 0.25) is 11.8 Å². The van der Waals surface area contributed by atoms with Gasteiger partial charge in [-0.3, -0.25) is 9.59 Å². The van der Waals surface area contributed by atoms with Crippen molar-refractivity contribution in [3.05, 3.63) is 54.6 Å². The topological polar surface area (TPSA) is 87.7 Å². The van der Waals surface area contributed by atoms with Crippen molar-refractivity contribution >= 4 is 23.6 Å². The summed E-state index contributed by atoms with van der Waals surface area (Å²) in [5.74, 6) is 1.27. The fourth-order valence-corrected chi connectivity index (χ4v) is 3.13. The van der Waals surface area contributed by atoms with Crippen LogP contribution < -0.4 is 15.4 Å². The molecule has 0 bridgehead atoms. The van der Waals surface area contributed by atoms with E-state index in [1.807, 2.05) is 54.6 Å². The standard InChI is InChI=1S/C20H24N2O4S/c1-14(23)12-21-20(25)19(22-15(2)24)13-27-18-10-8-17(9-11-18)26-16-6-4-3-5-7-16/h3-11,14,19,23H,12-13H2,1-2H3,(H,21,25)(H,22,24). The summed E-state index contributed by atoms with van der Waals surface area (Å²) in [5, 5.41) is 14.5. The normalized spacial score (nSPS) is 12.7. The van der Waals surface area contributed by atoms with Gasteiger partial charge in [-0.1, -0.05) is 18.2 Å². The first-order valence-electron chi connectivity index (χ1n) is 8.62. The van der Waals surface area contributed by atoms with E-state index in [4.69, 9.17) is 4.74 Å². The van der Waals surface area contributed by atoms with Gasteiger partial charge >= 0.3 is 0 Å². The van der Waals surface area contributed by atoms with E-state index >= 15 is 0 Å². The number of aliphatic hydroxyl groups excluding tert-OH is 1. The Bertz CT molecular complexity index is 735. The van der Waals surface area contributed by atoms with Gasteiger partial charge in [0.05, 0.1) is 6.10 Å². The van der Waals surface area contributed by atoms with Gasteiger partial charge in [-0.25, -0.2) is 0 Å². The van der Waals surface area contributed by atoms with Gasteiger partial charge in [-0.05, 0) is 43.3 Å². The first-order chi connectivity index (χ1) is 12.9. The third-order valence-corrected chi connectivity index (χ3v) is 4.59. The summed E-state index contributed by atoms with van der Waals surface area (Å²) in [7, 11) is 0. The second-order valence-electron chi connectivity index (χ2n) is 6.04. The van der Waals surface area contributed by atoms with Crippen LogP contribution in [-0.4, -0.2) is 41.4 Å². The highest BCUT2D eigenvalue weighted by molar-refractivity contribution is 7.99. The Morgan fingerprint density at radius 3 is 2.30 bits per heavy atom. The molecule has 0 fully saturated rings. The summed E-state index contributed by atoms with van der Waals surface area (Å²) >= 11 is 1.45. The predicted molar refractivity (Wildman–Crippen MR) is 106 cm³/mol. The lowest BCUT2D eigenvalue weighted by atomic mass is 10.3. The Hall–Kier alpha value is -2.51. The van der Waals surface area contributed by atoms with Crippen molar-refractivity contribution in [3.8, 4) is 11.5 Å². The molecule has 2 atom stereocenters. The van der Waals surface area contributed by atoms with Gasteiger partial charge in [-0.15, -0.1) is 11.8 Å². The highest BCUT2D eigenvalue weighted by atomic mass is 32.2. The lowest BCUT2D eigenvalue weighted by Crippen LogP contribution is -2.48. The molecule has 0 saturated carbocycles. The van der Waals surface area contributed by atoms with Crippen molar-refractivity contribution in [1.82, 2.24) is 10.6 Å². The van der Waals surface area contributed by atoms with E-state index in [1.54, 1.807) is 6.92 Å². The van der Waals surface area contributed by atoms with Crippen LogP contribution in [0.4, 0.5) is 0 Å². The molecule has 2 unspecified atom stereocenters. The molecular formula is C20H24N2O4S. The first kappa shape index (κ1) is 20.8. The van der Waals surface area contributed by atoms with E-state index in [9.17, 15) is 14.7 Å². The minimum Gasteiger partial charge on any atom is -0.457 e. The lowest BCUT2D eigenvalue weighted by molar-refractivity contribution is -0.127. The summed E-state index contributed by atoms with van der Waals surface area (Å²) in [6.07, 6.45) is -0.642. The second-order valence-corrected chi connectivity index (χ2v) is 7.14. The number of hydrogen-bond acceptors (Lipinski definition) is 5. The number of carbonyl (C=O) groups is 2. The average molecular weight is 388 g/mol. The number of thioether (sulfide) groups is 1. The molecule has 0 aliphatic rings. The lowest BCUT2D eigenvalue weighted by Gasteiger charge is -2.18. The van der Waals surface area contributed by atoms with Crippen LogP contribution >= 0.6 is 11.8 Å². The highest BCUT2D eigenvalue weighted by Crippen LogP contribution is 2.25. The molecular weight excluding hydrogens is 364 g/mol. The second kappa shape index (κ2) is 10.6. The number of para-hydroxylation sites is 1. The van der Waals surface area contributed by atoms with E-state index < -0.39 is 12.1 Å². The molecule has 2 amide bonds. The summed E-state index contributed by atoms with van der Waals surface area (Å²) < 4.78 is 5.75. The SMILES string of the molecule is CC(=O)NC(CSc1ccc(Oc2ccccc2)cc1)C(=O)NCC(C)O. The van der Waals surface area contributed by atoms with Gasteiger partial charge in [-0.2, -0.15) is 0 Å². The van der Waals surface area contributed by atoms with Crippen molar-refractivity contribution in [2.24, 2.45) is 0 Å². The molecule has 0 heterocycles. The van der Waals surface area contributed by atoms with Crippen LogP contribution in [0.25, 0.3) is 0 Å². The van der Waals surface area contributed by atoms with Crippen LogP contribution in [-0.2, 0) is 9.59 Å². The molecule has 2 rings (SSSR count). The van der Waals surface area contributed by atoms with Crippen molar-refractivity contribution in [2.45, 2.75) is 30.9 Å². The van der Waals surface area contributed by atoms with Crippen LogP contribution in [0.3, 0.4) is 0 Å². The maximum atomic E-state index is 12.2. The van der Waals surface area contributed by atoms with Crippen molar-refractivity contribution in [2.75, 3.05) is 12.3 Å². The van der Waals surface area contributed by atoms with E-state index in [0.29, 0.717) is 5.75 Å². The molecule has 7 heteroatoms. The van der Waals surface area contributed by atoms with E-state index in [-0.39, 0.29) is 18.4 Å². The van der Waals surface area contributed by atoms with Gasteiger partial charge in [0.1, 0.15) is 17.5 Å². The Morgan fingerprint density at radius 1 is 1.07 bits per heavy atom. The quantitative estimate of drug-likeness (QED) is 0.575. The molecule has 0 saturated heterocycles. The number of hydrogen-bond donors (Lipinski definition) is 3. The van der Waals surface area contributed by atoms with Gasteiger partial charge < -0.3 is 20.5 Å². The number of rotatable bonds is 9. The Morgan fingerprint density at radius 2 is 1.70 bits per heavy atom. The van der Waals surface area contributed by atoms with Crippen LogP contribution in [0.1, 0.15) is 13.8 Å². The Balaban J connectivity index is 1.91. The minimum absolute atomic E-state index is 0.144. The van der Waals surface area contributed by atoms with Crippen molar-refractivity contribution < 1.29 is 19.4 Å². The third-order valence-electron chi connectivity index (χ3n) is 3.48. The zero-order chi connectivity index (χ0) is 19.6. The highest BCUT2D eigenvalue weighted by Gasteiger charge is 2.19. The third kappa shape index (κ3) is 7.72. The van der Waals surface area contributed by atoms with Gasteiger partial charge in [0.15, 0.2) is 0 Å². The number of aliphatic hydroxyl groups is 1. The average Bonchev–Trinajstić information content (AvgIpc) is 2.65. The molecule has 0 radical (unpaired) electrons. The zero-order valence-electron chi connectivity index (χ0n) is 15.3. The smallest absolute Gasteiger partial charge is 0.243 e. The number of benzene rings is 2. The molecule has 2 aromatic rings. The largest absolute Gasteiger partial charge is 0.457 e. The zero-order valence-corrected chi connectivity index (χ0v) is 16.2. The molecule has 3 N–H and O–H groups in total. The van der Waals surface area contributed by atoms with E-state index in [1.165, 1.54) is 18.7 Å². The van der Waals surface area contributed by atoms with Crippen LogP contribution in [0.2, 0.25) is 0 Å². The minimum atomic E-state index is -0.675. The fourth-order valence-electron chi connectivity index (χ4n) is 2.21. The maximum absolute atomic E-state index is 12.2. The first-order valence-corrected chi connectivity index (χ1v) is 9.61. The maximum Gasteiger partial charge on any atom is 0.243 e. The molecule has 6 nitrogen and oxygen atoms in total. The van der Waals surface area contributed by atoms with Gasteiger partial charge in [0.25, 0.3) is 0 Å². The van der Waals surface area contributed by atoms with Crippen LogP contribution in [0, 0.1) is 0 Å². The van der Waals surface area contributed by atoms with Crippen molar-refractivity contribution in [1.29, 1.82) is 0 Å². The molecule has 0 aliphatic heterocycles. The molecule has 2 aromatic carbocycles. The Kier molecular flexibility index (Phi) is 8.16. The molecule has 0 aliphatic carbocycles. The van der Waals surface area contributed by atoms with E-state index in [2.05, 4.69) is 10.6 Å². The van der Waals surface area contributed by atoms with Crippen LogP contribution in [0.5, 0.6) is 11.5 Å². The van der Waals surface area contributed by atoms with Gasteiger partial charge in [0, 0.05) is 24.1 Å². The number of ether oxygens (including phenoxy) is 1. The fraction of sp³-hybridized carbons (Fsp3) is 0.300. The van der Waals surface area contributed by atoms with E-state index in [0.717, 1.165) is 16.4 Å². The molecule has 0 spiro atoms. The number of carbonyl (C=O) groups excluding carboxylic acids is 2. The summed E-state index contributed by atoms with van der Waals surface area (Å²) in [4.78, 5) is 24.5. The number of nitrogens with one attached hydrogen (secondary N) is 2. The molecule has 27 heavy (non-hydrogen) atoms. The Labute approximate surface area is 163 Å². The summed E-state index contributed by atoms with van der Waals surface area (Å²) in [6.45, 7) is 3.10. The molecule has 0 aromatic heterocycles.